The van der Waals surface area contributed by atoms with Gasteiger partial charge in [-0.3, -0.25) is 19.7 Å². The van der Waals surface area contributed by atoms with Crippen LogP contribution in [-0.4, -0.2) is 35.4 Å². The lowest BCUT2D eigenvalue weighted by molar-refractivity contribution is -0.384. The average molecular weight is 511 g/mol. The molecule has 2 fully saturated rings. The molecule has 2 unspecified atom stereocenters. The van der Waals surface area contributed by atoms with Gasteiger partial charge in [-0.15, -0.1) is 0 Å². The van der Waals surface area contributed by atoms with Crippen molar-refractivity contribution >= 4 is 40.6 Å². The third-order valence-electron chi connectivity index (χ3n) is 8.07. The standard InChI is InChI=1S/C29H26N4O5/c1-19-14-15-30-24-13-12-23(33(37)38)17-20(24)18-29(25(30)16-19)26(34)31(21-8-4-2-5-9-21)28(36)32(27(29)35)22-10-6-3-7-11-22/h2-13,17,19,25H,14-16,18H2,1H3. The summed E-state index contributed by atoms with van der Waals surface area (Å²) < 4.78 is 0. The molecular formula is C29H26N4O5. The van der Waals surface area contributed by atoms with Gasteiger partial charge >= 0.3 is 6.03 Å². The Labute approximate surface area is 219 Å². The number of rotatable bonds is 3. The minimum atomic E-state index is -1.64. The van der Waals surface area contributed by atoms with Crippen molar-refractivity contribution in [3.8, 4) is 0 Å². The van der Waals surface area contributed by atoms with E-state index in [2.05, 4.69) is 11.8 Å². The van der Waals surface area contributed by atoms with Crippen LogP contribution in [-0.2, 0) is 16.0 Å². The molecule has 0 saturated carbocycles. The first-order chi connectivity index (χ1) is 18.3. The summed E-state index contributed by atoms with van der Waals surface area (Å²) in [6.45, 7) is 2.70. The summed E-state index contributed by atoms with van der Waals surface area (Å²) >= 11 is 0. The van der Waals surface area contributed by atoms with Crippen LogP contribution in [0, 0.1) is 21.4 Å². The second-order valence-corrected chi connectivity index (χ2v) is 10.3. The Morgan fingerprint density at radius 1 is 0.868 bits per heavy atom. The molecule has 3 aromatic rings. The number of non-ortho nitro benzene ring substituents is 1. The SMILES string of the molecule is CC1CCN2c3ccc([N+](=O)[O-])cc3CC3(C(=O)N(c4ccccc4)C(=O)N(c4ccccc4)C3=O)C2C1. The molecule has 38 heavy (non-hydrogen) atoms. The van der Waals surface area contributed by atoms with Crippen LogP contribution >= 0.6 is 0 Å². The van der Waals surface area contributed by atoms with Crippen LogP contribution in [0.1, 0.15) is 25.3 Å². The Bertz CT molecular complexity index is 1400. The van der Waals surface area contributed by atoms with Crippen molar-refractivity contribution in [3.63, 3.8) is 0 Å². The zero-order valence-electron chi connectivity index (χ0n) is 20.8. The fourth-order valence-electron chi connectivity index (χ4n) is 6.23. The largest absolute Gasteiger partial charge is 0.367 e. The maximum absolute atomic E-state index is 14.6. The number of piperidine rings is 1. The van der Waals surface area contributed by atoms with Gasteiger partial charge in [0.2, 0.25) is 0 Å². The number of hydrogen-bond donors (Lipinski definition) is 0. The van der Waals surface area contributed by atoms with Crippen molar-refractivity contribution in [1.29, 1.82) is 0 Å². The van der Waals surface area contributed by atoms with Gasteiger partial charge in [-0.25, -0.2) is 14.6 Å². The number of benzene rings is 3. The summed E-state index contributed by atoms with van der Waals surface area (Å²) in [7, 11) is 0. The molecule has 3 aliphatic rings. The number of carbonyl (C=O) groups excluding carboxylic acids is 3. The number of hydrogen-bond acceptors (Lipinski definition) is 6. The lowest BCUT2D eigenvalue weighted by Gasteiger charge is -2.56. The normalized spacial score (nSPS) is 22.3. The molecule has 6 rings (SSSR count). The number of para-hydroxylation sites is 2. The van der Waals surface area contributed by atoms with E-state index in [1.807, 2.05) is 0 Å². The lowest BCUT2D eigenvalue weighted by Crippen LogP contribution is -2.74. The van der Waals surface area contributed by atoms with Gasteiger partial charge in [-0.1, -0.05) is 43.3 Å². The monoisotopic (exact) mass is 510 g/mol. The van der Waals surface area contributed by atoms with Crippen LogP contribution in [0.2, 0.25) is 0 Å². The minimum Gasteiger partial charge on any atom is -0.367 e. The number of nitro benzene ring substituents is 1. The van der Waals surface area contributed by atoms with E-state index in [1.54, 1.807) is 66.7 Å². The first-order valence-corrected chi connectivity index (χ1v) is 12.7. The van der Waals surface area contributed by atoms with Gasteiger partial charge in [-0.05, 0) is 54.7 Å². The highest BCUT2D eigenvalue weighted by molar-refractivity contribution is 6.39. The van der Waals surface area contributed by atoms with Crippen LogP contribution in [0.3, 0.4) is 0 Å². The van der Waals surface area contributed by atoms with E-state index in [0.29, 0.717) is 29.9 Å². The smallest absolute Gasteiger partial charge is 0.342 e. The summed E-state index contributed by atoms with van der Waals surface area (Å²) in [5.74, 6) is -0.930. The van der Waals surface area contributed by atoms with Gasteiger partial charge in [0.15, 0.2) is 5.41 Å². The predicted molar refractivity (Wildman–Crippen MR) is 142 cm³/mol. The topological polar surface area (TPSA) is 104 Å². The summed E-state index contributed by atoms with van der Waals surface area (Å²) in [5, 5.41) is 11.6. The maximum Gasteiger partial charge on any atom is 0.342 e. The van der Waals surface area contributed by atoms with Crippen molar-refractivity contribution in [2.24, 2.45) is 11.3 Å². The zero-order valence-corrected chi connectivity index (χ0v) is 20.8. The van der Waals surface area contributed by atoms with Gasteiger partial charge in [0, 0.05) is 30.8 Å². The van der Waals surface area contributed by atoms with Crippen LogP contribution < -0.4 is 14.7 Å². The number of urea groups is 1. The van der Waals surface area contributed by atoms with Crippen LogP contribution in [0.25, 0.3) is 0 Å². The molecule has 2 saturated heterocycles. The number of imide groups is 2. The first kappa shape index (κ1) is 23.8. The predicted octanol–water partition coefficient (Wildman–Crippen LogP) is 4.94. The summed E-state index contributed by atoms with van der Waals surface area (Å²) in [6, 6.07) is 20.6. The van der Waals surface area contributed by atoms with E-state index in [1.165, 1.54) is 12.1 Å². The number of anilines is 3. The highest BCUT2D eigenvalue weighted by atomic mass is 16.6. The molecule has 3 aliphatic heterocycles. The Hall–Kier alpha value is -4.53. The Balaban J connectivity index is 1.60. The Kier molecular flexibility index (Phi) is 5.52. The first-order valence-electron chi connectivity index (χ1n) is 12.7. The van der Waals surface area contributed by atoms with E-state index in [9.17, 15) is 24.5 Å². The fourth-order valence-corrected chi connectivity index (χ4v) is 6.23. The number of amides is 4. The number of barbiturate groups is 1. The summed E-state index contributed by atoms with van der Waals surface area (Å²) in [4.78, 5) is 58.5. The highest BCUT2D eigenvalue weighted by Gasteiger charge is 2.65. The molecule has 2 atom stereocenters. The van der Waals surface area contributed by atoms with Crippen LogP contribution in [0.4, 0.5) is 27.5 Å². The maximum atomic E-state index is 14.6. The molecule has 0 aromatic heterocycles. The van der Waals surface area contributed by atoms with Gasteiger partial charge < -0.3 is 4.90 Å². The van der Waals surface area contributed by atoms with E-state index in [-0.39, 0.29) is 18.0 Å². The molecule has 0 bridgehead atoms. The van der Waals surface area contributed by atoms with E-state index in [0.717, 1.165) is 21.9 Å². The van der Waals surface area contributed by atoms with Crippen molar-refractivity contribution in [2.45, 2.75) is 32.2 Å². The second kappa shape index (κ2) is 8.79. The molecule has 0 radical (unpaired) electrons. The quantitative estimate of drug-likeness (QED) is 0.281. The molecule has 0 N–H and O–H groups in total. The number of carbonyl (C=O) groups is 3. The molecule has 0 aliphatic carbocycles. The molecule has 9 heteroatoms. The second-order valence-electron chi connectivity index (χ2n) is 10.3. The van der Waals surface area contributed by atoms with E-state index >= 15 is 0 Å². The molecular weight excluding hydrogens is 484 g/mol. The number of fused-ring (bicyclic) bond motifs is 4. The lowest BCUT2D eigenvalue weighted by atomic mass is 9.64. The third kappa shape index (κ3) is 3.42. The molecule has 9 nitrogen and oxygen atoms in total. The van der Waals surface area contributed by atoms with Gasteiger partial charge in [0.25, 0.3) is 17.5 Å². The van der Waals surface area contributed by atoms with E-state index in [4.69, 9.17) is 0 Å². The Morgan fingerprint density at radius 2 is 1.45 bits per heavy atom. The van der Waals surface area contributed by atoms with Gasteiger partial charge in [0.05, 0.1) is 22.3 Å². The van der Waals surface area contributed by atoms with Gasteiger partial charge in [0.1, 0.15) is 0 Å². The highest BCUT2D eigenvalue weighted by Crippen LogP contribution is 2.51. The van der Waals surface area contributed by atoms with Crippen LogP contribution in [0.15, 0.2) is 78.9 Å². The molecule has 192 valence electrons. The Morgan fingerprint density at radius 3 is 2.00 bits per heavy atom. The van der Waals surface area contributed by atoms with Gasteiger partial charge in [-0.2, -0.15) is 0 Å². The minimum absolute atomic E-state index is 0.0322. The van der Waals surface area contributed by atoms with Crippen molar-refractivity contribution < 1.29 is 19.3 Å². The zero-order chi connectivity index (χ0) is 26.6. The molecule has 4 amide bonds. The average Bonchev–Trinajstić information content (AvgIpc) is 2.92. The summed E-state index contributed by atoms with van der Waals surface area (Å²) in [5.41, 5.74) is 0.354. The van der Waals surface area contributed by atoms with Crippen molar-refractivity contribution in [2.75, 3.05) is 21.2 Å². The van der Waals surface area contributed by atoms with E-state index < -0.39 is 34.2 Å². The molecule has 3 heterocycles. The van der Waals surface area contributed by atoms with Crippen LogP contribution in [0.5, 0.6) is 0 Å². The summed E-state index contributed by atoms with van der Waals surface area (Å²) in [6.07, 6.45) is 1.40. The fraction of sp³-hybridized carbons (Fsp3) is 0.276. The molecule has 3 aromatic carbocycles. The van der Waals surface area contributed by atoms with Crippen molar-refractivity contribution in [1.82, 2.24) is 0 Å². The third-order valence-corrected chi connectivity index (χ3v) is 8.07. The number of nitrogens with zero attached hydrogens (tertiary/aromatic N) is 4. The van der Waals surface area contributed by atoms with Crippen molar-refractivity contribution in [3.05, 3.63) is 94.5 Å². The number of nitro groups is 1. The molecule has 1 spiro atoms.